The summed E-state index contributed by atoms with van der Waals surface area (Å²) >= 11 is 1.46. The van der Waals surface area contributed by atoms with Crippen LogP contribution in [-0.4, -0.2) is 92.3 Å². The maximum atomic E-state index is 13.7. The Bertz CT molecular complexity index is 2840. The predicted octanol–water partition coefficient (Wildman–Crippen LogP) is 11.9. The Morgan fingerprint density at radius 2 is 1.09 bits per heavy atom. The van der Waals surface area contributed by atoms with E-state index in [4.69, 9.17) is 37.9 Å². The fourth-order valence-corrected chi connectivity index (χ4v) is 10.0. The molecule has 17 nitrogen and oxygen atoms in total. The molecular formula is C62H71N3O14S. The van der Waals surface area contributed by atoms with Crippen molar-refractivity contribution >= 4 is 68.7 Å². The average molecular weight is 1110 g/mol. The molecule has 2 aliphatic rings. The summed E-state index contributed by atoms with van der Waals surface area (Å²) in [5.74, 6) is -1.44. The topological polar surface area (TPSA) is 214 Å². The lowest BCUT2D eigenvalue weighted by Gasteiger charge is -2.27. The van der Waals surface area contributed by atoms with Gasteiger partial charge in [0.1, 0.15) is 29.5 Å². The van der Waals surface area contributed by atoms with E-state index in [1.165, 1.54) is 11.3 Å². The number of esters is 6. The van der Waals surface area contributed by atoms with Crippen LogP contribution in [0.25, 0.3) is 10.2 Å². The van der Waals surface area contributed by atoms with Gasteiger partial charge < -0.3 is 37.9 Å². The molecule has 0 saturated heterocycles. The first-order valence-corrected chi connectivity index (χ1v) is 28.5. The van der Waals surface area contributed by atoms with Gasteiger partial charge in [0, 0.05) is 24.1 Å². The second kappa shape index (κ2) is 32.3. The molecule has 7 rings (SSSR count). The van der Waals surface area contributed by atoms with Crippen LogP contribution < -0.4 is 19.6 Å². The minimum atomic E-state index is -0.435. The third-order valence-electron chi connectivity index (χ3n) is 13.8. The van der Waals surface area contributed by atoms with Gasteiger partial charge in [0.2, 0.25) is 5.13 Å². The second-order valence-corrected chi connectivity index (χ2v) is 20.7. The number of thiazole rings is 1. The first-order chi connectivity index (χ1) is 39.0. The molecular weight excluding hydrogens is 1040 g/mol. The van der Waals surface area contributed by atoms with Crippen LogP contribution in [0.3, 0.4) is 0 Å². The highest BCUT2D eigenvalue weighted by molar-refractivity contribution is 7.22. The van der Waals surface area contributed by atoms with E-state index in [-0.39, 0.29) is 36.7 Å². The lowest BCUT2D eigenvalue weighted by atomic mass is 9.87. The van der Waals surface area contributed by atoms with E-state index < -0.39 is 29.8 Å². The van der Waals surface area contributed by atoms with Crippen molar-refractivity contribution in [3.63, 3.8) is 0 Å². The van der Waals surface area contributed by atoms with Gasteiger partial charge in [0.05, 0.1) is 72.4 Å². The van der Waals surface area contributed by atoms with E-state index in [2.05, 4.69) is 28.7 Å². The van der Waals surface area contributed by atoms with Crippen LogP contribution in [0, 0.1) is 11.8 Å². The Kier molecular flexibility index (Phi) is 24.1. The van der Waals surface area contributed by atoms with E-state index in [1.807, 2.05) is 36.4 Å². The zero-order chi connectivity index (χ0) is 56.3. The molecule has 0 aliphatic heterocycles. The summed E-state index contributed by atoms with van der Waals surface area (Å²) in [7, 11) is 0. The van der Waals surface area contributed by atoms with Gasteiger partial charge in [-0.15, -0.1) is 0 Å². The first kappa shape index (κ1) is 59.8. The number of benzene rings is 4. The standard InChI is InChI=1S/C62H71N3O14S/c1-3-56(66)74-38-13-7-5-11-36-72-49-26-18-45(19-27-49)59(69)77-51-30-22-44(23-31-51)58(68)76-40-35-43-17-34-54(48(41-43)42-63-65-62-64-53-15-9-10-16-55(53)80-62)79-61(71)47-24-32-52(33-25-47)78-60(70)46-20-28-50(29-21-46)73-37-12-6-8-14-39-75-57(67)4-2/h3-4,9-10,15-21,26-29,34,41-42,44,47,51-52H,1-2,5-8,11-14,22-25,30-33,35-40H2,(H,64,65)/b63-42+. The van der Waals surface area contributed by atoms with Crippen molar-refractivity contribution in [3.05, 3.63) is 139 Å². The molecule has 18 heteroatoms. The molecule has 4 aromatic carbocycles. The molecule has 1 N–H and O–H groups in total. The number of anilines is 1. The van der Waals surface area contributed by atoms with E-state index in [9.17, 15) is 28.8 Å². The molecule has 424 valence electrons. The second-order valence-electron chi connectivity index (χ2n) is 19.6. The average Bonchev–Trinajstić information content (AvgIpc) is 3.91. The monoisotopic (exact) mass is 1110 g/mol. The number of hydrogen-bond acceptors (Lipinski definition) is 18. The van der Waals surface area contributed by atoms with Crippen molar-refractivity contribution in [1.82, 2.24) is 4.98 Å². The molecule has 0 bridgehead atoms. The largest absolute Gasteiger partial charge is 0.494 e. The number of nitrogens with zero attached hydrogens (tertiary/aromatic N) is 2. The van der Waals surface area contributed by atoms with Crippen LogP contribution >= 0.6 is 11.3 Å². The van der Waals surface area contributed by atoms with E-state index in [0.29, 0.717) is 123 Å². The Morgan fingerprint density at radius 3 is 1.61 bits per heavy atom. The number of fused-ring (bicyclic) bond motifs is 1. The number of aromatic nitrogens is 1. The molecule has 0 radical (unpaired) electrons. The summed E-state index contributed by atoms with van der Waals surface area (Å²) in [4.78, 5) is 79.8. The molecule has 80 heavy (non-hydrogen) atoms. The smallest absolute Gasteiger partial charge is 0.338 e. The lowest BCUT2D eigenvalue weighted by Crippen LogP contribution is -2.30. The third kappa shape index (κ3) is 19.8. The molecule has 1 aromatic heterocycles. The molecule has 2 aliphatic carbocycles. The Hall–Kier alpha value is -7.86. The van der Waals surface area contributed by atoms with Crippen molar-refractivity contribution in [2.24, 2.45) is 16.9 Å². The van der Waals surface area contributed by atoms with Gasteiger partial charge in [-0.2, -0.15) is 5.10 Å². The summed E-state index contributed by atoms with van der Waals surface area (Å²) in [5, 5.41) is 5.05. The number of nitrogens with one attached hydrogen (secondary N) is 1. The van der Waals surface area contributed by atoms with Crippen LogP contribution in [0.5, 0.6) is 17.2 Å². The highest BCUT2D eigenvalue weighted by atomic mass is 32.1. The number of rotatable bonds is 31. The van der Waals surface area contributed by atoms with Crippen LogP contribution in [-0.2, 0) is 49.3 Å². The fourth-order valence-electron chi connectivity index (χ4n) is 9.21. The SMILES string of the molecule is C=CC(=O)OCCCCCCOc1ccc(C(=O)OC2CCC(C(=O)OCCc3ccc(OC(=O)C4CCC(OC(=O)c5ccc(OCCCCCCOC(=O)C=C)cc5)CC4)c(/C=N/Nc4nc5ccccc5s4)c3)CC2)cc1. The van der Waals surface area contributed by atoms with Crippen molar-refractivity contribution in [2.45, 2.75) is 121 Å². The van der Waals surface area contributed by atoms with Gasteiger partial charge in [-0.25, -0.2) is 24.2 Å². The van der Waals surface area contributed by atoms with E-state index in [1.54, 1.807) is 60.8 Å². The number of para-hydroxylation sites is 1. The van der Waals surface area contributed by atoms with Gasteiger partial charge in [-0.05, 0) is 181 Å². The molecule has 0 spiro atoms. The van der Waals surface area contributed by atoms with Crippen molar-refractivity contribution in [1.29, 1.82) is 0 Å². The van der Waals surface area contributed by atoms with Crippen LogP contribution in [0.4, 0.5) is 5.13 Å². The zero-order valence-electron chi connectivity index (χ0n) is 45.2. The zero-order valence-corrected chi connectivity index (χ0v) is 46.0. The number of hydrazone groups is 1. The molecule has 0 atom stereocenters. The summed E-state index contributed by atoms with van der Waals surface area (Å²) in [6.45, 7) is 8.71. The molecule has 5 aromatic rings. The first-order valence-electron chi connectivity index (χ1n) is 27.7. The number of ether oxygens (including phenoxy) is 8. The Morgan fingerprint density at radius 1 is 0.575 bits per heavy atom. The van der Waals surface area contributed by atoms with Crippen molar-refractivity contribution in [2.75, 3.05) is 38.5 Å². The van der Waals surface area contributed by atoms with E-state index >= 15 is 0 Å². The van der Waals surface area contributed by atoms with Crippen LogP contribution in [0.15, 0.2) is 121 Å². The number of unbranched alkanes of at least 4 members (excludes halogenated alkanes) is 6. The van der Waals surface area contributed by atoms with Crippen LogP contribution in [0.2, 0.25) is 0 Å². The highest BCUT2D eigenvalue weighted by Gasteiger charge is 2.32. The number of carbonyl (C=O) groups is 6. The Labute approximate surface area is 471 Å². The van der Waals surface area contributed by atoms with Gasteiger partial charge >= 0.3 is 35.8 Å². The van der Waals surface area contributed by atoms with Crippen molar-refractivity contribution in [3.8, 4) is 17.2 Å². The minimum absolute atomic E-state index is 0.136. The maximum Gasteiger partial charge on any atom is 0.338 e. The third-order valence-corrected chi connectivity index (χ3v) is 14.7. The number of hydrogen-bond donors (Lipinski definition) is 1. The highest BCUT2D eigenvalue weighted by Crippen LogP contribution is 2.32. The van der Waals surface area contributed by atoms with Gasteiger partial charge in [-0.3, -0.25) is 15.0 Å². The fraction of sp³-hybridized carbons (Fsp3) is 0.419. The van der Waals surface area contributed by atoms with Crippen LogP contribution in [0.1, 0.15) is 135 Å². The quantitative estimate of drug-likeness (QED) is 0.00831. The molecule has 0 unspecified atom stereocenters. The minimum Gasteiger partial charge on any atom is -0.494 e. The normalized spacial score (nSPS) is 16.9. The summed E-state index contributed by atoms with van der Waals surface area (Å²) in [6, 6.07) is 26.9. The molecule has 1 heterocycles. The maximum absolute atomic E-state index is 13.7. The Balaban J connectivity index is 0.824. The summed E-state index contributed by atoms with van der Waals surface area (Å²) in [5.41, 5.74) is 6.06. The lowest BCUT2D eigenvalue weighted by molar-refractivity contribution is -0.150. The summed E-state index contributed by atoms with van der Waals surface area (Å²) < 4.78 is 46.1. The number of carbonyl (C=O) groups excluding carboxylic acids is 6. The molecule has 2 saturated carbocycles. The molecule has 2 fully saturated rings. The van der Waals surface area contributed by atoms with Crippen molar-refractivity contribution < 1.29 is 66.7 Å². The predicted molar refractivity (Wildman–Crippen MR) is 303 cm³/mol. The van der Waals surface area contributed by atoms with Gasteiger partial charge in [-0.1, -0.05) is 42.7 Å². The van der Waals surface area contributed by atoms with Gasteiger partial charge in [0.15, 0.2) is 0 Å². The van der Waals surface area contributed by atoms with E-state index in [0.717, 1.165) is 79.3 Å². The van der Waals surface area contributed by atoms with Gasteiger partial charge in [0.25, 0.3) is 0 Å². The molecule has 0 amide bonds. The summed E-state index contributed by atoms with van der Waals surface area (Å²) in [6.07, 6.45) is 14.7.